The normalized spacial score (nSPS) is 22.5. The smallest absolute Gasteiger partial charge is 0.128 e. The summed E-state index contributed by atoms with van der Waals surface area (Å²) in [5, 5.41) is 3.46. The fourth-order valence-corrected chi connectivity index (χ4v) is 3.05. The summed E-state index contributed by atoms with van der Waals surface area (Å²) in [6.45, 7) is 8.80. The lowest BCUT2D eigenvalue weighted by Crippen LogP contribution is -2.35. The third-order valence-corrected chi connectivity index (χ3v) is 4.59. The summed E-state index contributed by atoms with van der Waals surface area (Å²) in [7, 11) is 2.19. The van der Waals surface area contributed by atoms with E-state index in [0.717, 1.165) is 24.8 Å². The largest absolute Gasteiger partial charge is 0.357 e. The molecule has 1 heterocycles. The molecule has 0 atom stereocenters. The van der Waals surface area contributed by atoms with Gasteiger partial charge in [-0.25, -0.2) is 4.98 Å². The first-order valence-electron chi connectivity index (χ1n) is 8.44. The van der Waals surface area contributed by atoms with Gasteiger partial charge in [-0.05, 0) is 55.7 Å². The van der Waals surface area contributed by atoms with Crippen LogP contribution < -0.4 is 10.2 Å². The molecule has 1 fully saturated rings. The van der Waals surface area contributed by atoms with Gasteiger partial charge in [-0.15, -0.1) is 0 Å². The summed E-state index contributed by atoms with van der Waals surface area (Å²) in [5.41, 5.74) is 1.27. The Bertz CT molecular complexity index is 405. The van der Waals surface area contributed by atoms with Crippen LogP contribution in [0.25, 0.3) is 0 Å². The van der Waals surface area contributed by atoms with Crippen LogP contribution in [0.1, 0.15) is 52.0 Å². The predicted octanol–water partition coefficient (Wildman–Crippen LogP) is 3.84. The maximum atomic E-state index is 4.66. The average Bonchev–Trinajstić information content (AvgIpc) is 2.48. The van der Waals surface area contributed by atoms with Gasteiger partial charge in [0.05, 0.1) is 0 Å². The summed E-state index contributed by atoms with van der Waals surface area (Å²) >= 11 is 0. The van der Waals surface area contributed by atoms with Gasteiger partial charge in [0.25, 0.3) is 0 Å². The monoisotopic (exact) mass is 289 g/mol. The minimum atomic E-state index is 0.665. The van der Waals surface area contributed by atoms with Crippen molar-refractivity contribution in [2.24, 2.45) is 11.8 Å². The first-order valence-corrected chi connectivity index (χ1v) is 8.44. The van der Waals surface area contributed by atoms with E-state index >= 15 is 0 Å². The lowest BCUT2D eigenvalue weighted by atomic mass is 9.87. The van der Waals surface area contributed by atoms with Crippen molar-refractivity contribution in [1.29, 1.82) is 0 Å². The lowest BCUT2D eigenvalue weighted by Gasteiger charge is -2.34. The molecule has 0 bridgehead atoms. The highest BCUT2D eigenvalue weighted by Gasteiger charge is 2.22. The van der Waals surface area contributed by atoms with E-state index in [1.807, 2.05) is 6.20 Å². The molecule has 0 saturated heterocycles. The van der Waals surface area contributed by atoms with E-state index in [9.17, 15) is 0 Å². The topological polar surface area (TPSA) is 28.2 Å². The number of hydrogen-bond donors (Lipinski definition) is 1. The molecule has 1 aromatic heterocycles. The van der Waals surface area contributed by atoms with Gasteiger partial charge in [0, 0.05) is 25.8 Å². The highest BCUT2D eigenvalue weighted by molar-refractivity contribution is 5.39. The molecule has 1 N–H and O–H groups in total. The molecule has 1 aromatic rings. The molecule has 21 heavy (non-hydrogen) atoms. The third kappa shape index (κ3) is 4.99. The van der Waals surface area contributed by atoms with E-state index in [1.54, 1.807) is 0 Å². The molecule has 3 heteroatoms. The fourth-order valence-electron chi connectivity index (χ4n) is 3.05. The van der Waals surface area contributed by atoms with Gasteiger partial charge >= 0.3 is 0 Å². The van der Waals surface area contributed by atoms with E-state index in [0.29, 0.717) is 12.0 Å². The van der Waals surface area contributed by atoms with Crippen LogP contribution in [0.3, 0.4) is 0 Å². The molecule has 1 saturated carbocycles. The Hall–Kier alpha value is -1.09. The summed E-state index contributed by atoms with van der Waals surface area (Å²) in [4.78, 5) is 7.03. The third-order valence-electron chi connectivity index (χ3n) is 4.59. The molecule has 118 valence electrons. The van der Waals surface area contributed by atoms with Crippen molar-refractivity contribution in [2.45, 2.75) is 59.0 Å². The van der Waals surface area contributed by atoms with Crippen LogP contribution in [0, 0.1) is 11.8 Å². The number of rotatable bonds is 6. The molecular weight excluding hydrogens is 258 g/mol. The number of anilines is 1. The highest BCUT2D eigenvalue weighted by atomic mass is 15.2. The first-order chi connectivity index (χ1) is 10.1. The zero-order valence-corrected chi connectivity index (χ0v) is 14.1. The van der Waals surface area contributed by atoms with Crippen molar-refractivity contribution in [2.75, 3.05) is 18.5 Å². The second kappa shape index (κ2) is 7.79. The van der Waals surface area contributed by atoms with Crippen LogP contribution in [0.2, 0.25) is 0 Å². The van der Waals surface area contributed by atoms with E-state index in [1.165, 1.54) is 31.2 Å². The Morgan fingerprint density at radius 2 is 1.95 bits per heavy atom. The number of nitrogens with one attached hydrogen (secondary N) is 1. The molecule has 0 aliphatic heterocycles. The standard InChI is InChI=1S/C18H31N3/c1-14(2)11-19-12-16-7-10-18(20-13-16)21(4)17-8-5-15(3)6-9-17/h7,10,13-15,17,19H,5-6,8-9,11-12H2,1-4H3. The molecule has 2 rings (SSSR count). The maximum absolute atomic E-state index is 4.66. The van der Waals surface area contributed by atoms with Gasteiger partial charge in [0.1, 0.15) is 5.82 Å². The number of nitrogens with zero attached hydrogens (tertiary/aromatic N) is 2. The van der Waals surface area contributed by atoms with E-state index < -0.39 is 0 Å². The Balaban J connectivity index is 1.86. The molecule has 0 radical (unpaired) electrons. The zero-order chi connectivity index (χ0) is 15.2. The molecular formula is C18H31N3. The summed E-state index contributed by atoms with van der Waals surface area (Å²) in [5.74, 6) is 2.70. The van der Waals surface area contributed by atoms with Crippen LogP contribution in [0.5, 0.6) is 0 Å². The molecule has 1 aliphatic rings. The van der Waals surface area contributed by atoms with Crippen LogP contribution in [-0.2, 0) is 6.54 Å². The number of pyridine rings is 1. The summed E-state index contributed by atoms with van der Waals surface area (Å²) in [6, 6.07) is 5.04. The molecule has 0 unspecified atom stereocenters. The SMILES string of the molecule is CC(C)CNCc1ccc(N(C)C2CCC(C)CC2)nc1. The van der Waals surface area contributed by atoms with Gasteiger partial charge in [0.15, 0.2) is 0 Å². The van der Waals surface area contributed by atoms with Crippen LogP contribution >= 0.6 is 0 Å². The van der Waals surface area contributed by atoms with Crippen LogP contribution in [0.15, 0.2) is 18.3 Å². The summed E-state index contributed by atoms with van der Waals surface area (Å²) < 4.78 is 0. The van der Waals surface area contributed by atoms with Crippen molar-refractivity contribution < 1.29 is 0 Å². The molecule has 3 nitrogen and oxygen atoms in total. The quantitative estimate of drug-likeness (QED) is 0.862. The van der Waals surface area contributed by atoms with Crippen molar-refractivity contribution in [3.8, 4) is 0 Å². The Kier molecular flexibility index (Phi) is 6.04. The average molecular weight is 289 g/mol. The lowest BCUT2D eigenvalue weighted by molar-refractivity contribution is 0.340. The van der Waals surface area contributed by atoms with Crippen LogP contribution in [0.4, 0.5) is 5.82 Å². The van der Waals surface area contributed by atoms with Gasteiger partial charge in [-0.1, -0.05) is 26.8 Å². The molecule has 0 amide bonds. The van der Waals surface area contributed by atoms with Gasteiger partial charge in [-0.3, -0.25) is 0 Å². The Morgan fingerprint density at radius 3 is 2.52 bits per heavy atom. The Labute approximate surface area is 130 Å². The van der Waals surface area contributed by atoms with Crippen molar-refractivity contribution in [3.05, 3.63) is 23.9 Å². The minimum absolute atomic E-state index is 0.665. The summed E-state index contributed by atoms with van der Waals surface area (Å²) in [6.07, 6.45) is 7.33. The van der Waals surface area contributed by atoms with Gasteiger partial charge in [0.2, 0.25) is 0 Å². The fraction of sp³-hybridized carbons (Fsp3) is 0.722. The minimum Gasteiger partial charge on any atom is -0.357 e. The predicted molar refractivity (Wildman–Crippen MR) is 90.6 cm³/mol. The second-order valence-corrected chi connectivity index (χ2v) is 7.07. The zero-order valence-electron chi connectivity index (χ0n) is 14.1. The molecule has 0 aromatic carbocycles. The van der Waals surface area contributed by atoms with E-state index in [4.69, 9.17) is 0 Å². The molecule has 0 spiro atoms. The number of hydrogen-bond acceptors (Lipinski definition) is 3. The van der Waals surface area contributed by atoms with Crippen molar-refractivity contribution in [3.63, 3.8) is 0 Å². The van der Waals surface area contributed by atoms with Gasteiger partial charge in [-0.2, -0.15) is 0 Å². The van der Waals surface area contributed by atoms with E-state index in [2.05, 4.69) is 55.2 Å². The van der Waals surface area contributed by atoms with E-state index in [-0.39, 0.29) is 0 Å². The second-order valence-electron chi connectivity index (χ2n) is 7.07. The molecule has 1 aliphatic carbocycles. The Morgan fingerprint density at radius 1 is 1.24 bits per heavy atom. The maximum Gasteiger partial charge on any atom is 0.128 e. The van der Waals surface area contributed by atoms with Crippen molar-refractivity contribution >= 4 is 5.82 Å². The highest BCUT2D eigenvalue weighted by Crippen LogP contribution is 2.28. The number of aromatic nitrogens is 1. The first kappa shape index (κ1) is 16.3. The van der Waals surface area contributed by atoms with Gasteiger partial charge < -0.3 is 10.2 Å². The van der Waals surface area contributed by atoms with Crippen LogP contribution in [-0.4, -0.2) is 24.6 Å². The van der Waals surface area contributed by atoms with Crippen molar-refractivity contribution in [1.82, 2.24) is 10.3 Å².